The van der Waals surface area contributed by atoms with E-state index < -0.39 is 0 Å². The summed E-state index contributed by atoms with van der Waals surface area (Å²) in [5.41, 5.74) is 4.06. The number of para-hydroxylation sites is 1. The Morgan fingerprint density at radius 2 is 1.73 bits per heavy atom. The Kier molecular flexibility index (Phi) is 3.96. The fourth-order valence-electron chi connectivity index (χ4n) is 2.87. The van der Waals surface area contributed by atoms with E-state index in [1.807, 2.05) is 54.6 Å². The molecular formula is C19H19NO2. The van der Waals surface area contributed by atoms with Gasteiger partial charge in [-0.15, -0.1) is 0 Å². The maximum absolute atomic E-state index is 12.6. The lowest BCUT2D eigenvalue weighted by molar-refractivity contribution is 0.141. The van der Waals surface area contributed by atoms with Crippen LogP contribution in [0.5, 0.6) is 0 Å². The first kappa shape index (κ1) is 14.4. The largest absolute Gasteiger partial charge is 0.444 e. The average molecular weight is 293 g/mol. The van der Waals surface area contributed by atoms with Crippen molar-refractivity contribution in [3.05, 3.63) is 71.4 Å². The van der Waals surface area contributed by atoms with Gasteiger partial charge in [-0.1, -0.05) is 55.5 Å². The Hall–Kier alpha value is -2.55. The number of ether oxygens (including phenoxy) is 1. The molecule has 3 heteroatoms. The number of benzene rings is 2. The molecule has 0 bridgehead atoms. The highest BCUT2D eigenvalue weighted by molar-refractivity contribution is 5.93. The average Bonchev–Trinajstić information content (AvgIpc) is 2.86. The Labute approximate surface area is 130 Å². The summed E-state index contributed by atoms with van der Waals surface area (Å²) in [7, 11) is 0. The lowest BCUT2D eigenvalue weighted by Gasteiger charge is -2.10. The molecule has 0 fully saturated rings. The van der Waals surface area contributed by atoms with Crippen LogP contribution in [0.4, 0.5) is 4.79 Å². The molecule has 1 heterocycles. The molecule has 3 aromatic rings. The van der Waals surface area contributed by atoms with Crippen molar-refractivity contribution < 1.29 is 9.53 Å². The van der Waals surface area contributed by atoms with Gasteiger partial charge in [-0.2, -0.15) is 0 Å². The van der Waals surface area contributed by atoms with Gasteiger partial charge in [0, 0.05) is 11.1 Å². The third-order valence-electron chi connectivity index (χ3n) is 3.97. The molecule has 0 amide bonds. The molecule has 112 valence electrons. The zero-order chi connectivity index (χ0) is 15.5. The third kappa shape index (κ3) is 2.50. The highest BCUT2D eigenvalue weighted by Gasteiger charge is 2.18. The Morgan fingerprint density at radius 3 is 2.45 bits per heavy atom. The van der Waals surface area contributed by atoms with Gasteiger partial charge in [-0.3, -0.25) is 0 Å². The summed E-state index contributed by atoms with van der Waals surface area (Å²) in [6.45, 7) is 4.40. The zero-order valence-electron chi connectivity index (χ0n) is 12.9. The van der Waals surface area contributed by atoms with Crippen molar-refractivity contribution in [2.75, 3.05) is 0 Å². The van der Waals surface area contributed by atoms with Crippen molar-refractivity contribution in [1.29, 1.82) is 0 Å². The predicted octanol–water partition coefficient (Wildman–Crippen LogP) is 4.70. The van der Waals surface area contributed by atoms with Crippen molar-refractivity contribution in [3.8, 4) is 0 Å². The van der Waals surface area contributed by atoms with Crippen LogP contribution in [-0.2, 0) is 17.8 Å². The summed E-state index contributed by atoms with van der Waals surface area (Å²) >= 11 is 0. The van der Waals surface area contributed by atoms with Gasteiger partial charge in [-0.05, 0) is 30.5 Å². The number of carbonyl (C=O) groups excluding carboxylic acids is 1. The lowest BCUT2D eigenvalue weighted by Crippen LogP contribution is -2.16. The minimum atomic E-state index is -0.315. The molecule has 0 saturated carbocycles. The molecule has 0 unspecified atom stereocenters. The second kappa shape index (κ2) is 6.06. The number of carbonyl (C=O) groups is 1. The molecule has 0 saturated heterocycles. The molecule has 1 aromatic heterocycles. The van der Waals surface area contributed by atoms with Crippen LogP contribution in [0.15, 0.2) is 54.6 Å². The first-order chi connectivity index (χ1) is 10.7. The van der Waals surface area contributed by atoms with E-state index in [-0.39, 0.29) is 12.7 Å². The van der Waals surface area contributed by atoms with Gasteiger partial charge in [0.15, 0.2) is 0 Å². The van der Waals surface area contributed by atoms with Gasteiger partial charge < -0.3 is 4.74 Å². The van der Waals surface area contributed by atoms with E-state index in [1.54, 1.807) is 4.57 Å². The monoisotopic (exact) mass is 293 g/mol. The third-order valence-corrected chi connectivity index (χ3v) is 3.97. The van der Waals surface area contributed by atoms with Crippen molar-refractivity contribution >= 4 is 17.0 Å². The van der Waals surface area contributed by atoms with Crippen LogP contribution in [0, 0.1) is 6.92 Å². The Bertz CT molecular complexity index is 803. The second-order valence-corrected chi connectivity index (χ2v) is 5.32. The van der Waals surface area contributed by atoms with Crippen LogP contribution in [0.2, 0.25) is 0 Å². The number of aromatic nitrogens is 1. The first-order valence-electron chi connectivity index (χ1n) is 7.52. The molecular weight excluding hydrogens is 274 g/mol. The summed E-state index contributed by atoms with van der Waals surface area (Å²) in [5, 5.41) is 1.11. The summed E-state index contributed by atoms with van der Waals surface area (Å²) in [6, 6.07) is 17.7. The highest BCUT2D eigenvalue weighted by atomic mass is 16.5. The van der Waals surface area contributed by atoms with Crippen LogP contribution < -0.4 is 0 Å². The maximum Gasteiger partial charge on any atom is 0.419 e. The molecule has 0 aliphatic carbocycles. The SMILES string of the molecule is CCc1c(C)c2ccccc2n1C(=O)OCc1ccccc1. The summed E-state index contributed by atoms with van der Waals surface area (Å²) in [4.78, 5) is 12.6. The number of hydrogen-bond donors (Lipinski definition) is 0. The van der Waals surface area contributed by atoms with Gasteiger partial charge in [0.2, 0.25) is 0 Å². The van der Waals surface area contributed by atoms with Gasteiger partial charge >= 0.3 is 6.09 Å². The number of rotatable bonds is 3. The van der Waals surface area contributed by atoms with Gasteiger partial charge in [0.1, 0.15) is 6.61 Å². The van der Waals surface area contributed by atoms with Crippen LogP contribution in [-0.4, -0.2) is 10.7 Å². The van der Waals surface area contributed by atoms with Gasteiger partial charge in [0.05, 0.1) is 5.52 Å². The fourth-order valence-corrected chi connectivity index (χ4v) is 2.87. The van der Waals surface area contributed by atoms with Crippen LogP contribution in [0.3, 0.4) is 0 Å². The topological polar surface area (TPSA) is 31.2 Å². The summed E-state index contributed by atoms with van der Waals surface area (Å²) < 4.78 is 7.20. The molecule has 0 radical (unpaired) electrons. The Morgan fingerprint density at radius 1 is 1.05 bits per heavy atom. The quantitative estimate of drug-likeness (QED) is 0.701. The number of nitrogens with zero attached hydrogens (tertiary/aromatic N) is 1. The van der Waals surface area contributed by atoms with E-state index in [0.717, 1.165) is 34.1 Å². The zero-order valence-corrected chi connectivity index (χ0v) is 12.9. The van der Waals surface area contributed by atoms with E-state index in [1.165, 1.54) is 0 Å². The summed E-state index contributed by atoms with van der Waals surface area (Å²) in [6.07, 6.45) is 0.478. The molecule has 0 aliphatic heterocycles. The molecule has 3 nitrogen and oxygen atoms in total. The van der Waals surface area contributed by atoms with Crippen molar-refractivity contribution in [1.82, 2.24) is 4.57 Å². The normalized spacial score (nSPS) is 10.8. The molecule has 3 rings (SSSR count). The number of aryl methyl sites for hydroxylation is 1. The van der Waals surface area contributed by atoms with Gasteiger partial charge in [-0.25, -0.2) is 9.36 Å². The van der Waals surface area contributed by atoms with E-state index in [9.17, 15) is 4.79 Å². The standard InChI is InChI=1S/C19H19NO2/c1-3-17-14(2)16-11-7-8-12-18(16)20(17)19(21)22-13-15-9-5-4-6-10-15/h4-12H,3,13H2,1-2H3. The molecule has 0 aliphatic rings. The van der Waals surface area contributed by atoms with Crippen LogP contribution >= 0.6 is 0 Å². The minimum absolute atomic E-state index is 0.286. The van der Waals surface area contributed by atoms with Crippen LogP contribution in [0.25, 0.3) is 10.9 Å². The fraction of sp³-hybridized carbons (Fsp3) is 0.211. The van der Waals surface area contributed by atoms with E-state index in [0.29, 0.717) is 0 Å². The maximum atomic E-state index is 12.6. The smallest absolute Gasteiger partial charge is 0.419 e. The highest BCUT2D eigenvalue weighted by Crippen LogP contribution is 2.26. The molecule has 2 aromatic carbocycles. The lowest BCUT2D eigenvalue weighted by atomic mass is 10.1. The molecule has 22 heavy (non-hydrogen) atoms. The molecule has 0 atom stereocenters. The summed E-state index contributed by atoms with van der Waals surface area (Å²) in [5.74, 6) is 0. The Balaban J connectivity index is 1.93. The van der Waals surface area contributed by atoms with E-state index in [4.69, 9.17) is 4.74 Å². The molecule has 0 N–H and O–H groups in total. The van der Waals surface area contributed by atoms with Gasteiger partial charge in [0.25, 0.3) is 0 Å². The second-order valence-electron chi connectivity index (χ2n) is 5.32. The van der Waals surface area contributed by atoms with Crippen LogP contribution in [0.1, 0.15) is 23.7 Å². The predicted molar refractivity (Wildman–Crippen MR) is 88.1 cm³/mol. The van der Waals surface area contributed by atoms with E-state index >= 15 is 0 Å². The number of fused-ring (bicyclic) bond motifs is 1. The minimum Gasteiger partial charge on any atom is -0.444 e. The molecule has 0 spiro atoms. The number of hydrogen-bond acceptors (Lipinski definition) is 2. The van der Waals surface area contributed by atoms with E-state index in [2.05, 4.69) is 13.8 Å². The van der Waals surface area contributed by atoms with Crippen molar-refractivity contribution in [2.24, 2.45) is 0 Å². The van der Waals surface area contributed by atoms with Crippen molar-refractivity contribution in [3.63, 3.8) is 0 Å². The first-order valence-corrected chi connectivity index (χ1v) is 7.52. The van der Waals surface area contributed by atoms with Crippen molar-refractivity contribution in [2.45, 2.75) is 26.9 Å².